The SMILES string of the molecule is CC(C)(C)C/C=C/c1cccc(-c2ccco2)c1. The maximum Gasteiger partial charge on any atom is 0.133 e. The fourth-order valence-corrected chi connectivity index (χ4v) is 1.79. The third kappa shape index (κ3) is 3.63. The average Bonchev–Trinajstić information content (AvgIpc) is 2.81. The third-order valence-electron chi connectivity index (χ3n) is 2.73. The summed E-state index contributed by atoms with van der Waals surface area (Å²) in [6, 6.07) is 12.3. The number of allylic oxidation sites excluding steroid dienone is 1. The molecule has 0 aliphatic carbocycles. The fraction of sp³-hybridized carbons (Fsp3) is 0.294. The Morgan fingerprint density at radius 1 is 1.11 bits per heavy atom. The average molecular weight is 240 g/mol. The van der Waals surface area contributed by atoms with E-state index in [1.54, 1.807) is 6.26 Å². The van der Waals surface area contributed by atoms with Gasteiger partial charge in [0.2, 0.25) is 0 Å². The van der Waals surface area contributed by atoms with E-state index >= 15 is 0 Å². The molecule has 0 unspecified atom stereocenters. The Balaban J connectivity index is 2.13. The molecule has 0 radical (unpaired) electrons. The molecule has 0 spiro atoms. The molecule has 1 heteroatoms. The highest BCUT2D eigenvalue weighted by molar-refractivity contribution is 5.63. The van der Waals surface area contributed by atoms with Gasteiger partial charge in [0.1, 0.15) is 5.76 Å². The molecular weight excluding hydrogens is 220 g/mol. The first-order valence-corrected chi connectivity index (χ1v) is 6.35. The van der Waals surface area contributed by atoms with Gasteiger partial charge in [-0.1, -0.05) is 51.1 Å². The van der Waals surface area contributed by atoms with Gasteiger partial charge < -0.3 is 4.42 Å². The lowest BCUT2D eigenvalue weighted by Gasteiger charge is -2.14. The van der Waals surface area contributed by atoms with Crippen LogP contribution in [0.5, 0.6) is 0 Å². The Morgan fingerprint density at radius 3 is 2.61 bits per heavy atom. The minimum atomic E-state index is 0.342. The minimum absolute atomic E-state index is 0.342. The second kappa shape index (κ2) is 5.26. The molecule has 0 saturated heterocycles. The van der Waals surface area contributed by atoms with Crippen LogP contribution in [-0.2, 0) is 0 Å². The lowest BCUT2D eigenvalue weighted by atomic mass is 9.92. The van der Waals surface area contributed by atoms with Gasteiger partial charge in [0.15, 0.2) is 0 Å². The van der Waals surface area contributed by atoms with Crippen molar-refractivity contribution in [3.8, 4) is 11.3 Å². The van der Waals surface area contributed by atoms with E-state index < -0.39 is 0 Å². The molecule has 0 fully saturated rings. The zero-order chi connectivity index (χ0) is 13.0. The largest absolute Gasteiger partial charge is 0.464 e. The highest BCUT2D eigenvalue weighted by Gasteiger charge is 2.06. The number of hydrogen-bond donors (Lipinski definition) is 0. The van der Waals surface area contributed by atoms with Gasteiger partial charge in [-0.05, 0) is 35.6 Å². The topological polar surface area (TPSA) is 13.1 Å². The van der Waals surface area contributed by atoms with Crippen LogP contribution in [0.2, 0.25) is 0 Å². The maximum absolute atomic E-state index is 5.41. The molecule has 0 bridgehead atoms. The van der Waals surface area contributed by atoms with Crippen LogP contribution in [0.3, 0.4) is 0 Å². The van der Waals surface area contributed by atoms with Gasteiger partial charge in [-0.25, -0.2) is 0 Å². The monoisotopic (exact) mass is 240 g/mol. The molecular formula is C17H20O. The van der Waals surface area contributed by atoms with E-state index in [2.05, 4.69) is 57.2 Å². The van der Waals surface area contributed by atoms with Crippen molar-refractivity contribution in [1.29, 1.82) is 0 Å². The molecule has 1 aromatic carbocycles. The summed E-state index contributed by atoms with van der Waals surface area (Å²) in [6.45, 7) is 6.74. The molecule has 1 aromatic heterocycles. The summed E-state index contributed by atoms with van der Waals surface area (Å²) in [6.07, 6.45) is 7.20. The van der Waals surface area contributed by atoms with Crippen molar-refractivity contribution < 1.29 is 4.42 Å². The molecule has 1 nitrogen and oxygen atoms in total. The van der Waals surface area contributed by atoms with Gasteiger partial charge in [-0.15, -0.1) is 0 Å². The molecule has 18 heavy (non-hydrogen) atoms. The van der Waals surface area contributed by atoms with Crippen LogP contribution >= 0.6 is 0 Å². The second-order valence-electron chi connectivity index (χ2n) is 5.77. The third-order valence-corrected chi connectivity index (χ3v) is 2.73. The normalized spacial score (nSPS) is 12.2. The van der Waals surface area contributed by atoms with Crippen molar-refractivity contribution in [2.24, 2.45) is 5.41 Å². The van der Waals surface area contributed by atoms with Crippen molar-refractivity contribution in [2.75, 3.05) is 0 Å². The number of furan rings is 1. The molecule has 0 N–H and O–H groups in total. The van der Waals surface area contributed by atoms with Gasteiger partial charge in [0, 0.05) is 5.56 Å². The first-order valence-electron chi connectivity index (χ1n) is 6.35. The molecule has 2 aromatic rings. The van der Waals surface area contributed by atoms with Crippen molar-refractivity contribution in [3.05, 3.63) is 54.3 Å². The lowest BCUT2D eigenvalue weighted by molar-refractivity contribution is 0.421. The molecule has 1 heterocycles. The van der Waals surface area contributed by atoms with E-state index in [-0.39, 0.29) is 0 Å². The second-order valence-corrected chi connectivity index (χ2v) is 5.77. The van der Waals surface area contributed by atoms with Crippen molar-refractivity contribution >= 4 is 6.08 Å². The Morgan fingerprint density at radius 2 is 1.94 bits per heavy atom. The van der Waals surface area contributed by atoms with E-state index in [0.717, 1.165) is 17.7 Å². The Kier molecular flexibility index (Phi) is 3.71. The van der Waals surface area contributed by atoms with Crippen LogP contribution < -0.4 is 0 Å². The summed E-state index contributed by atoms with van der Waals surface area (Å²) < 4.78 is 5.41. The predicted octanol–water partition coefficient (Wildman–Crippen LogP) is 5.40. The maximum atomic E-state index is 5.41. The molecule has 0 saturated carbocycles. The molecule has 0 aliphatic rings. The Labute approximate surface area is 109 Å². The highest BCUT2D eigenvalue weighted by atomic mass is 16.3. The zero-order valence-corrected chi connectivity index (χ0v) is 11.3. The number of hydrogen-bond acceptors (Lipinski definition) is 1. The van der Waals surface area contributed by atoms with Crippen LogP contribution in [0.25, 0.3) is 17.4 Å². The van der Waals surface area contributed by atoms with Gasteiger partial charge in [0.25, 0.3) is 0 Å². The van der Waals surface area contributed by atoms with Crippen molar-refractivity contribution in [2.45, 2.75) is 27.2 Å². The molecule has 94 valence electrons. The summed E-state index contributed by atoms with van der Waals surface area (Å²) in [5.41, 5.74) is 2.68. The van der Waals surface area contributed by atoms with E-state index in [9.17, 15) is 0 Å². The van der Waals surface area contributed by atoms with E-state index in [1.807, 2.05) is 12.1 Å². The van der Waals surface area contributed by atoms with E-state index in [1.165, 1.54) is 5.56 Å². The number of benzene rings is 1. The predicted molar refractivity (Wildman–Crippen MR) is 77.3 cm³/mol. The van der Waals surface area contributed by atoms with Gasteiger partial charge in [0.05, 0.1) is 6.26 Å². The van der Waals surface area contributed by atoms with Crippen LogP contribution in [0.1, 0.15) is 32.8 Å². The summed E-state index contributed by atoms with van der Waals surface area (Å²) in [7, 11) is 0. The van der Waals surface area contributed by atoms with Crippen LogP contribution in [0.15, 0.2) is 53.2 Å². The van der Waals surface area contributed by atoms with Crippen LogP contribution in [0, 0.1) is 5.41 Å². The highest BCUT2D eigenvalue weighted by Crippen LogP contribution is 2.23. The van der Waals surface area contributed by atoms with Gasteiger partial charge >= 0.3 is 0 Å². The smallest absolute Gasteiger partial charge is 0.133 e. The van der Waals surface area contributed by atoms with E-state index in [4.69, 9.17) is 4.42 Å². The first kappa shape index (κ1) is 12.7. The number of rotatable bonds is 3. The summed E-state index contributed by atoms with van der Waals surface area (Å²) in [5.74, 6) is 0.918. The first-order chi connectivity index (χ1) is 8.54. The van der Waals surface area contributed by atoms with Crippen LogP contribution in [-0.4, -0.2) is 0 Å². The standard InChI is InChI=1S/C17H20O/c1-17(2,3)11-5-8-14-7-4-9-15(13-14)16-10-6-12-18-16/h4-10,12-13H,11H2,1-3H3/b8-5+. The summed E-state index contributed by atoms with van der Waals surface area (Å²) in [4.78, 5) is 0. The van der Waals surface area contributed by atoms with Crippen molar-refractivity contribution in [1.82, 2.24) is 0 Å². The van der Waals surface area contributed by atoms with Gasteiger partial charge in [-0.2, -0.15) is 0 Å². The minimum Gasteiger partial charge on any atom is -0.464 e. The zero-order valence-electron chi connectivity index (χ0n) is 11.3. The van der Waals surface area contributed by atoms with Gasteiger partial charge in [-0.3, -0.25) is 0 Å². The summed E-state index contributed by atoms with van der Waals surface area (Å²) >= 11 is 0. The lowest BCUT2D eigenvalue weighted by Crippen LogP contribution is -2.01. The molecule has 0 aliphatic heterocycles. The Hall–Kier alpha value is -1.76. The Bertz CT molecular complexity index is 513. The molecule has 0 amide bonds. The molecule has 0 atom stereocenters. The van der Waals surface area contributed by atoms with Crippen molar-refractivity contribution in [3.63, 3.8) is 0 Å². The molecule has 2 rings (SSSR count). The quantitative estimate of drug-likeness (QED) is 0.700. The van der Waals surface area contributed by atoms with E-state index in [0.29, 0.717) is 5.41 Å². The fourth-order valence-electron chi connectivity index (χ4n) is 1.79. The summed E-state index contributed by atoms with van der Waals surface area (Å²) in [5, 5.41) is 0. The van der Waals surface area contributed by atoms with Crippen LogP contribution in [0.4, 0.5) is 0 Å².